The van der Waals surface area contributed by atoms with Crippen molar-refractivity contribution in [3.8, 4) is 0 Å². The highest BCUT2D eigenvalue weighted by molar-refractivity contribution is 6.00. The number of aliphatic hydroxyl groups is 5. The normalized spacial score (nSPS) is 33.9. The van der Waals surface area contributed by atoms with Crippen LogP contribution in [-0.4, -0.2) is 102 Å². The van der Waals surface area contributed by atoms with Crippen molar-refractivity contribution in [2.24, 2.45) is 0 Å². The number of carboxylic acid groups (broad SMARTS) is 1. The number of hydrogen-bond donors (Lipinski definition) is 7. The van der Waals surface area contributed by atoms with Crippen molar-refractivity contribution in [2.75, 3.05) is 13.2 Å². The average Bonchev–Trinajstić information content (AvgIpc) is 2.54. The van der Waals surface area contributed by atoms with Crippen LogP contribution in [0, 0.1) is 0 Å². The van der Waals surface area contributed by atoms with Crippen molar-refractivity contribution < 1.29 is 49.4 Å². The highest BCUT2D eigenvalue weighted by Gasteiger charge is 2.54. The Morgan fingerprint density at radius 1 is 1.39 bits per heavy atom. The fourth-order valence-corrected chi connectivity index (χ4v) is 2.78. The third-order valence-corrected chi connectivity index (χ3v) is 4.28. The fraction of sp³-hybridized carbons (Fsp3) is 0.818. The zero-order chi connectivity index (χ0) is 17.8. The summed E-state index contributed by atoms with van der Waals surface area (Å²) >= 11 is 0. The first-order chi connectivity index (χ1) is 10.7. The predicted octanol–water partition coefficient (Wildman–Crippen LogP) is -5.59. The second-order valence-electron chi connectivity index (χ2n) is 5.11. The summed E-state index contributed by atoms with van der Waals surface area (Å²) in [5, 5.41) is 58.8. The van der Waals surface area contributed by atoms with Gasteiger partial charge in [-0.1, -0.05) is 0 Å². The molecule has 0 radical (unpaired) electrons. The van der Waals surface area contributed by atoms with Gasteiger partial charge in [-0.05, 0) is 0 Å². The summed E-state index contributed by atoms with van der Waals surface area (Å²) in [4.78, 5) is 22.7. The Morgan fingerprint density at radius 3 is 2.43 bits per heavy atom. The number of carboxylic acids is 1. The molecule has 0 spiro atoms. The van der Waals surface area contributed by atoms with E-state index in [0.29, 0.717) is 0 Å². The predicted molar refractivity (Wildman–Crippen MR) is 75.0 cm³/mol. The first-order valence-corrected chi connectivity index (χ1v) is 7.55. The first kappa shape index (κ1) is 19.9. The Morgan fingerprint density at radius 2 is 2.00 bits per heavy atom. The topological polar surface area (TPSA) is 186 Å². The summed E-state index contributed by atoms with van der Waals surface area (Å²) in [7, 11) is -0.0684. The van der Waals surface area contributed by atoms with Crippen LogP contribution in [-0.2, 0) is 18.8 Å². The molecule has 23 heavy (non-hydrogen) atoms. The number of aliphatic carboxylic acids is 1. The number of nitrogens with one attached hydrogen (secondary N) is 1. The van der Waals surface area contributed by atoms with Gasteiger partial charge in [0.2, 0.25) is 5.91 Å². The van der Waals surface area contributed by atoms with Crippen LogP contribution >= 0.6 is 0 Å². The molecule has 0 aromatic rings. The van der Waals surface area contributed by atoms with Crippen molar-refractivity contribution in [1.82, 2.24) is 5.32 Å². The molecule has 1 saturated heterocycles. The van der Waals surface area contributed by atoms with E-state index in [-0.39, 0.29) is 10.5 Å². The first-order valence-electron chi connectivity index (χ1n) is 6.74. The van der Waals surface area contributed by atoms with Crippen molar-refractivity contribution in [1.29, 1.82) is 0 Å². The van der Waals surface area contributed by atoms with Crippen LogP contribution < -0.4 is 5.32 Å². The maximum absolute atomic E-state index is 11.4. The number of aliphatic hydroxyl groups excluding tert-OH is 5. The highest BCUT2D eigenvalue weighted by atomic mass is 28.2. The Bertz CT molecular complexity index is 437. The fourth-order valence-electron chi connectivity index (χ4n) is 2.34. The van der Waals surface area contributed by atoms with E-state index in [1.54, 1.807) is 0 Å². The second-order valence-corrected chi connectivity index (χ2v) is 5.52. The van der Waals surface area contributed by atoms with E-state index in [4.69, 9.17) is 19.4 Å². The molecule has 0 saturated carbocycles. The molecule has 1 aliphatic heterocycles. The molecule has 134 valence electrons. The number of amides is 1. The molecule has 12 heteroatoms. The molecule has 7 N–H and O–H groups in total. The zero-order valence-electron chi connectivity index (χ0n) is 12.3. The molecule has 0 bridgehead atoms. The minimum Gasteiger partial charge on any atom is -0.477 e. The van der Waals surface area contributed by atoms with Gasteiger partial charge in [-0.25, -0.2) is 4.79 Å². The average molecular weight is 355 g/mol. The standard InChI is InChI=1S/C11H21NO10Si/c13-2-5(16)8(18)9-7(12-6(17)3-14)4(15)1-11(21-9,22-23)10(19)20/h4-5,7-9,13-16,18H,1-3H2,23H3,(H,12,17)(H,19,20)/t4-,5?,7+,8?,9+,11?/m0/s1. The van der Waals surface area contributed by atoms with Gasteiger partial charge in [-0.15, -0.1) is 0 Å². The van der Waals surface area contributed by atoms with E-state index in [1.165, 1.54) is 0 Å². The summed E-state index contributed by atoms with van der Waals surface area (Å²) in [6, 6.07) is -1.32. The molecule has 1 fully saturated rings. The number of rotatable bonds is 7. The van der Waals surface area contributed by atoms with Crippen LogP contribution in [0.15, 0.2) is 0 Å². The quantitative estimate of drug-likeness (QED) is 0.217. The largest absolute Gasteiger partial charge is 0.477 e. The van der Waals surface area contributed by atoms with Crippen molar-refractivity contribution in [3.63, 3.8) is 0 Å². The molecule has 0 aromatic heterocycles. The smallest absolute Gasteiger partial charge is 0.363 e. The van der Waals surface area contributed by atoms with Crippen LogP contribution in [0.4, 0.5) is 0 Å². The summed E-state index contributed by atoms with van der Waals surface area (Å²) in [6.45, 7) is -1.77. The zero-order valence-corrected chi connectivity index (χ0v) is 14.3. The van der Waals surface area contributed by atoms with Crippen LogP contribution in [0.25, 0.3) is 0 Å². The van der Waals surface area contributed by atoms with Gasteiger partial charge in [-0.2, -0.15) is 0 Å². The van der Waals surface area contributed by atoms with Crippen LogP contribution in [0.1, 0.15) is 6.42 Å². The van der Waals surface area contributed by atoms with Gasteiger partial charge in [0.05, 0.1) is 18.8 Å². The lowest BCUT2D eigenvalue weighted by molar-refractivity contribution is -0.284. The number of carbonyl (C=O) groups is 2. The Labute approximate surface area is 134 Å². The second kappa shape index (κ2) is 8.12. The summed E-state index contributed by atoms with van der Waals surface area (Å²) in [5.41, 5.74) is 0. The molecule has 0 aliphatic carbocycles. The SMILES string of the molecule is O=C(CO)N[C@@H]1[C@@H](O)CC(O[SiH3])(C(=O)O)O[C@H]1C(O)C(O)CO. The van der Waals surface area contributed by atoms with Crippen LogP contribution in [0.3, 0.4) is 0 Å². The molecule has 0 aromatic carbocycles. The third kappa shape index (κ3) is 4.24. The van der Waals surface area contributed by atoms with E-state index >= 15 is 0 Å². The number of hydrogen-bond acceptors (Lipinski definition) is 9. The molecular formula is C11H21NO10Si. The maximum atomic E-state index is 11.4. The maximum Gasteiger partial charge on any atom is 0.363 e. The molecule has 3 unspecified atom stereocenters. The van der Waals surface area contributed by atoms with Gasteiger partial charge in [0.25, 0.3) is 5.79 Å². The Kier molecular flexibility index (Phi) is 7.03. The van der Waals surface area contributed by atoms with Gasteiger partial charge in [-0.3, -0.25) is 4.79 Å². The van der Waals surface area contributed by atoms with E-state index < -0.39 is 67.8 Å². The Hall–Kier alpha value is -1.12. The highest BCUT2D eigenvalue weighted by Crippen LogP contribution is 2.32. The van der Waals surface area contributed by atoms with Gasteiger partial charge in [0.1, 0.15) is 24.9 Å². The molecule has 6 atom stereocenters. The lowest BCUT2D eigenvalue weighted by Gasteiger charge is -2.46. The van der Waals surface area contributed by atoms with Gasteiger partial charge >= 0.3 is 5.97 Å². The molecule has 1 amide bonds. The van der Waals surface area contributed by atoms with E-state index in [1.807, 2.05) is 0 Å². The molecule has 1 aliphatic rings. The number of carbonyl (C=O) groups excluding carboxylic acids is 1. The van der Waals surface area contributed by atoms with E-state index in [9.17, 15) is 30.0 Å². The van der Waals surface area contributed by atoms with Crippen molar-refractivity contribution in [2.45, 2.75) is 42.7 Å². The Balaban J connectivity index is 3.14. The molecular weight excluding hydrogens is 334 g/mol. The number of ether oxygens (including phenoxy) is 1. The van der Waals surface area contributed by atoms with Crippen LogP contribution in [0.2, 0.25) is 0 Å². The van der Waals surface area contributed by atoms with Gasteiger partial charge in [0.15, 0.2) is 10.5 Å². The molecule has 11 nitrogen and oxygen atoms in total. The van der Waals surface area contributed by atoms with Gasteiger partial charge < -0.3 is 45.1 Å². The lowest BCUT2D eigenvalue weighted by Crippen LogP contribution is -2.68. The minimum atomic E-state index is -2.24. The van der Waals surface area contributed by atoms with Crippen molar-refractivity contribution >= 4 is 22.4 Å². The summed E-state index contributed by atoms with van der Waals surface area (Å²) in [6.07, 6.45) is -7.18. The lowest BCUT2D eigenvalue weighted by atomic mass is 9.88. The molecule has 1 rings (SSSR count). The van der Waals surface area contributed by atoms with Crippen molar-refractivity contribution in [3.05, 3.63) is 0 Å². The van der Waals surface area contributed by atoms with Crippen LogP contribution in [0.5, 0.6) is 0 Å². The van der Waals surface area contributed by atoms with E-state index in [2.05, 4.69) is 5.32 Å². The third-order valence-electron chi connectivity index (χ3n) is 3.62. The monoisotopic (exact) mass is 355 g/mol. The molecule has 1 heterocycles. The summed E-state index contributed by atoms with van der Waals surface area (Å²) < 4.78 is 10.2. The minimum absolute atomic E-state index is 0.0684. The summed E-state index contributed by atoms with van der Waals surface area (Å²) in [5.74, 6) is -4.69. The van der Waals surface area contributed by atoms with Gasteiger partial charge in [0, 0.05) is 6.42 Å². The van der Waals surface area contributed by atoms with E-state index in [0.717, 1.165) is 0 Å².